The zero-order valence-corrected chi connectivity index (χ0v) is 14.4. The lowest BCUT2D eigenvalue weighted by Crippen LogP contribution is -2.50. The zero-order valence-electron chi connectivity index (χ0n) is 14.4. The highest BCUT2D eigenvalue weighted by molar-refractivity contribution is 5.92. The number of carbonyl (C=O) groups excluding carboxylic acids is 2. The summed E-state index contributed by atoms with van der Waals surface area (Å²) in [6.45, 7) is 2.86. The van der Waals surface area contributed by atoms with E-state index in [-0.39, 0.29) is 36.3 Å². The number of hydrogen-bond acceptors (Lipinski definition) is 6. The molecule has 1 fully saturated rings. The lowest BCUT2D eigenvalue weighted by Gasteiger charge is -2.31. The van der Waals surface area contributed by atoms with Crippen molar-refractivity contribution in [1.29, 1.82) is 0 Å². The van der Waals surface area contributed by atoms with Crippen molar-refractivity contribution in [3.8, 4) is 0 Å². The summed E-state index contributed by atoms with van der Waals surface area (Å²) in [5.41, 5.74) is 0.257. The topological polar surface area (TPSA) is 93.9 Å². The van der Waals surface area contributed by atoms with Crippen LogP contribution in [0.15, 0.2) is 10.6 Å². The number of nitrogens with zero attached hydrogens (tertiary/aromatic N) is 2. The molecule has 2 atom stereocenters. The highest BCUT2D eigenvalue weighted by atomic mass is 16.5. The van der Waals surface area contributed by atoms with Crippen molar-refractivity contribution in [2.75, 3.05) is 33.9 Å². The molecule has 2 amide bonds. The summed E-state index contributed by atoms with van der Waals surface area (Å²) in [6, 6.07) is 1.43. The van der Waals surface area contributed by atoms with Gasteiger partial charge in [0.15, 0.2) is 5.69 Å². The number of ether oxygens (including phenoxy) is 2. The molecule has 134 valence electrons. The van der Waals surface area contributed by atoms with E-state index in [0.717, 1.165) is 12.8 Å². The Morgan fingerprint density at radius 1 is 1.46 bits per heavy atom. The molecule has 0 unspecified atom stereocenters. The molecular formula is C16H25N3O5. The molecule has 2 heterocycles. The fourth-order valence-corrected chi connectivity index (χ4v) is 2.38. The summed E-state index contributed by atoms with van der Waals surface area (Å²) in [7, 11) is 3.33. The van der Waals surface area contributed by atoms with Crippen LogP contribution in [0.3, 0.4) is 0 Å². The van der Waals surface area contributed by atoms with E-state index in [1.54, 1.807) is 20.2 Å². The highest BCUT2D eigenvalue weighted by Gasteiger charge is 2.29. The van der Waals surface area contributed by atoms with E-state index in [0.29, 0.717) is 25.4 Å². The Kier molecular flexibility index (Phi) is 6.74. The lowest BCUT2D eigenvalue weighted by molar-refractivity contribution is -0.140. The third-order valence-corrected chi connectivity index (χ3v) is 3.83. The normalized spacial score (nSPS) is 20.6. The molecular weight excluding hydrogens is 314 g/mol. The second kappa shape index (κ2) is 8.79. The first-order valence-electron chi connectivity index (χ1n) is 8.17. The fraction of sp³-hybridized carbons (Fsp3) is 0.688. The number of rotatable bonds is 7. The quantitative estimate of drug-likeness (QED) is 0.783. The molecule has 1 aliphatic rings. The maximum absolute atomic E-state index is 12.3. The van der Waals surface area contributed by atoms with Gasteiger partial charge in [-0.05, 0) is 12.8 Å². The lowest BCUT2D eigenvalue weighted by atomic mass is 10.1. The first-order valence-corrected chi connectivity index (χ1v) is 8.17. The number of likely N-dealkylation sites (N-methyl/N-ethyl adjacent to an activating group) is 1. The Labute approximate surface area is 141 Å². The fourth-order valence-electron chi connectivity index (χ4n) is 2.38. The standard InChI is InChI=1S/C16H25N3O5/c1-4-5-11-8-13(18-24-11)16(21)17-12-6-7-22-9-14(12)23-10-15(20)19(2)3/h8,12,14H,4-7,9-10H2,1-3H3,(H,17,21)/t12-,14-/m1/s1. The van der Waals surface area contributed by atoms with E-state index in [2.05, 4.69) is 10.5 Å². The van der Waals surface area contributed by atoms with Crippen molar-refractivity contribution in [2.45, 2.75) is 38.3 Å². The van der Waals surface area contributed by atoms with Gasteiger partial charge in [-0.2, -0.15) is 0 Å². The molecule has 24 heavy (non-hydrogen) atoms. The Balaban J connectivity index is 1.91. The summed E-state index contributed by atoms with van der Waals surface area (Å²) in [4.78, 5) is 25.4. The van der Waals surface area contributed by atoms with Gasteiger partial charge in [0.25, 0.3) is 5.91 Å². The van der Waals surface area contributed by atoms with E-state index in [9.17, 15) is 9.59 Å². The Hall–Kier alpha value is -1.93. The van der Waals surface area contributed by atoms with Crippen molar-refractivity contribution in [2.24, 2.45) is 0 Å². The van der Waals surface area contributed by atoms with Crippen molar-refractivity contribution in [1.82, 2.24) is 15.4 Å². The molecule has 1 N–H and O–H groups in total. The molecule has 0 aliphatic carbocycles. The van der Waals surface area contributed by atoms with Gasteiger partial charge in [0.1, 0.15) is 18.5 Å². The van der Waals surface area contributed by atoms with Crippen molar-refractivity contribution < 1.29 is 23.6 Å². The first kappa shape index (κ1) is 18.4. The third-order valence-electron chi connectivity index (χ3n) is 3.83. The zero-order chi connectivity index (χ0) is 17.5. The van der Waals surface area contributed by atoms with Crippen LogP contribution in [0, 0.1) is 0 Å². The van der Waals surface area contributed by atoms with E-state index in [1.165, 1.54) is 4.90 Å². The summed E-state index contributed by atoms with van der Waals surface area (Å²) in [6.07, 6.45) is 1.92. The summed E-state index contributed by atoms with van der Waals surface area (Å²) in [5.74, 6) is 0.255. The van der Waals surface area contributed by atoms with Gasteiger partial charge in [-0.3, -0.25) is 9.59 Å². The van der Waals surface area contributed by atoms with E-state index in [4.69, 9.17) is 14.0 Å². The van der Waals surface area contributed by atoms with Crippen LogP contribution >= 0.6 is 0 Å². The molecule has 1 aromatic rings. The van der Waals surface area contributed by atoms with Gasteiger partial charge in [-0.1, -0.05) is 12.1 Å². The van der Waals surface area contributed by atoms with Crippen molar-refractivity contribution >= 4 is 11.8 Å². The molecule has 8 nitrogen and oxygen atoms in total. The van der Waals surface area contributed by atoms with Crippen LogP contribution in [-0.4, -0.2) is 67.9 Å². The Bertz CT molecular complexity index is 558. The predicted octanol–water partition coefficient (Wildman–Crippen LogP) is 0.619. The monoisotopic (exact) mass is 339 g/mol. The van der Waals surface area contributed by atoms with Crippen LogP contribution in [0.2, 0.25) is 0 Å². The van der Waals surface area contributed by atoms with Crippen LogP contribution in [0.1, 0.15) is 36.0 Å². The van der Waals surface area contributed by atoms with Crippen LogP contribution < -0.4 is 5.32 Å². The largest absolute Gasteiger partial charge is 0.379 e. The van der Waals surface area contributed by atoms with Crippen molar-refractivity contribution in [3.05, 3.63) is 17.5 Å². The minimum atomic E-state index is -0.367. The number of nitrogens with one attached hydrogen (secondary N) is 1. The van der Waals surface area contributed by atoms with Gasteiger partial charge in [0.05, 0.1) is 12.6 Å². The van der Waals surface area contributed by atoms with Crippen molar-refractivity contribution in [3.63, 3.8) is 0 Å². The number of amides is 2. The van der Waals surface area contributed by atoms with Gasteiger partial charge >= 0.3 is 0 Å². The van der Waals surface area contributed by atoms with Crippen LogP contribution in [0.5, 0.6) is 0 Å². The molecule has 1 saturated heterocycles. The summed E-state index contributed by atoms with van der Waals surface area (Å²) in [5, 5.41) is 6.71. The van der Waals surface area contributed by atoms with Crippen LogP contribution in [0.4, 0.5) is 0 Å². The summed E-state index contributed by atoms with van der Waals surface area (Å²) < 4.78 is 16.1. The minimum absolute atomic E-state index is 0.0436. The third kappa shape index (κ3) is 5.04. The highest BCUT2D eigenvalue weighted by Crippen LogP contribution is 2.13. The molecule has 2 rings (SSSR count). The molecule has 1 aromatic heterocycles. The van der Waals surface area contributed by atoms with Crippen LogP contribution in [0.25, 0.3) is 0 Å². The molecule has 8 heteroatoms. The van der Waals surface area contributed by atoms with Crippen LogP contribution in [-0.2, 0) is 20.7 Å². The molecule has 0 saturated carbocycles. The summed E-state index contributed by atoms with van der Waals surface area (Å²) >= 11 is 0. The van der Waals surface area contributed by atoms with E-state index in [1.807, 2.05) is 6.92 Å². The Morgan fingerprint density at radius 2 is 2.25 bits per heavy atom. The van der Waals surface area contributed by atoms with Gasteiger partial charge in [0.2, 0.25) is 5.91 Å². The average Bonchev–Trinajstić information content (AvgIpc) is 3.02. The number of hydrogen-bond donors (Lipinski definition) is 1. The molecule has 0 aromatic carbocycles. The van der Waals surface area contributed by atoms with E-state index >= 15 is 0 Å². The smallest absolute Gasteiger partial charge is 0.273 e. The Morgan fingerprint density at radius 3 is 2.96 bits per heavy atom. The van der Waals surface area contributed by atoms with Gasteiger partial charge in [-0.25, -0.2) is 0 Å². The van der Waals surface area contributed by atoms with Gasteiger partial charge in [0, 0.05) is 33.2 Å². The maximum Gasteiger partial charge on any atom is 0.273 e. The van der Waals surface area contributed by atoms with E-state index < -0.39 is 0 Å². The number of carbonyl (C=O) groups is 2. The van der Waals surface area contributed by atoms with Gasteiger partial charge in [-0.15, -0.1) is 0 Å². The average molecular weight is 339 g/mol. The predicted molar refractivity (Wildman–Crippen MR) is 85.6 cm³/mol. The minimum Gasteiger partial charge on any atom is -0.379 e. The molecule has 0 bridgehead atoms. The molecule has 0 radical (unpaired) electrons. The van der Waals surface area contributed by atoms with Gasteiger partial charge < -0.3 is 24.2 Å². The second-order valence-electron chi connectivity index (χ2n) is 6.01. The maximum atomic E-state index is 12.3. The number of aromatic nitrogens is 1. The molecule has 1 aliphatic heterocycles. The SMILES string of the molecule is CCCc1cc(C(=O)N[C@@H]2CCOC[C@H]2OCC(=O)N(C)C)no1. The molecule has 0 spiro atoms. The first-order chi connectivity index (χ1) is 11.5. The number of aryl methyl sites for hydroxylation is 1. The second-order valence-corrected chi connectivity index (χ2v) is 6.01.